The van der Waals surface area contributed by atoms with Crippen LogP contribution in [0.25, 0.3) is 0 Å². The van der Waals surface area contributed by atoms with Gasteiger partial charge in [0.05, 0.1) is 6.61 Å². The second kappa shape index (κ2) is 8.22. The molecule has 1 aliphatic rings. The lowest BCUT2D eigenvalue weighted by Crippen LogP contribution is -2.65. The molecule has 2 unspecified atom stereocenters. The summed E-state index contributed by atoms with van der Waals surface area (Å²) in [5, 5.41) is 15.0. The highest BCUT2D eigenvalue weighted by molar-refractivity contribution is 5.87. The topological polar surface area (TPSA) is 87.7 Å². The number of hydrogen-bond acceptors (Lipinski definition) is 3. The first kappa shape index (κ1) is 17.8. The lowest BCUT2D eigenvalue weighted by Gasteiger charge is -2.44. The summed E-state index contributed by atoms with van der Waals surface area (Å²) in [5.41, 5.74) is -1.17. The molecule has 0 aromatic heterocycles. The normalized spacial score (nSPS) is 28.9. The second-order valence-corrected chi connectivity index (χ2v) is 5.90. The summed E-state index contributed by atoms with van der Waals surface area (Å²) in [5.74, 6) is -1.11. The largest absolute Gasteiger partial charge is 0.479 e. The molecule has 6 nitrogen and oxygen atoms in total. The first-order valence-corrected chi connectivity index (χ1v) is 7.82. The lowest BCUT2D eigenvalue weighted by atomic mass is 9.67. The number of nitrogens with one attached hydrogen (secondary N) is 2. The maximum Gasteiger partial charge on any atom is 0.330 e. The zero-order chi connectivity index (χ0) is 15.9. The zero-order valence-electron chi connectivity index (χ0n) is 13.3. The van der Waals surface area contributed by atoms with E-state index < -0.39 is 17.5 Å². The van der Waals surface area contributed by atoms with Crippen LogP contribution in [0.2, 0.25) is 0 Å². The minimum atomic E-state index is -1.17. The number of urea groups is 1. The van der Waals surface area contributed by atoms with Crippen molar-refractivity contribution in [2.24, 2.45) is 11.8 Å². The predicted molar refractivity (Wildman–Crippen MR) is 80.2 cm³/mol. The van der Waals surface area contributed by atoms with E-state index in [4.69, 9.17) is 4.74 Å². The van der Waals surface area contributed by atoms with Gasteiger partial charge < -0.3 is 20.5 Å². The van der Waals surface area contributed by atoms with Crippen molar-refractivity contribution in [3.63, 3.8) is 0 Å². The fourth-order valence-electron chi connectivity index (χ4n) is 3.11. The Morgan fingerprint density at radius 2 is 1.86 bits per heavy atom. The molecule has 3 N–H and O–H groups in total. The highest BCUT2D eigenvalue weighted by atomic mass is 16.5. The van der Waals surface area contributed by atoms with E-state index in [1.807, 2.05) is 20.8 Å². The molecule has 0 aromatic rings. The molecule has 0 aromatic carbocycles. The second-order valence-electron chi connectivity index (χ2n) is 5.90. The summed E-state index contributed by atoms with van der Waals surface area (Å²) >= 11 is 0. The fourth-order valence-corrected chi connectivity index (χ4v) is 3.11. The van der Waals surface area contributed by atoms with Crippen molar-refractivity contribution in [3.8, 4) is 0 Å². The van der Waals surface area contributed by atoms with Crippen molar-refractivity contribution in [1.29, 1.82) is 0 Å². The third kappa shape index (κ3) is 4.33. The number of carbonyl (C=O) groups excluding carboxylic acids is 1. The molecular formula is C15H28N2O4. The number of carboxylic acid groups (broad SMARTS) is 1. The SMILES string of the molecule is CCCOCCNC(=O)NC1(C(=O)O)C(C)CCCC1C. The van der Waals surface area contributed by atoms with Crippen LogP contribution in [0, 0.1) is 11.8 Å². The minimum Gasteiger partial charge on any atom is -0.479 e. The number of amides is 2. The highest BCUT2D eigenvalue weighted by Crippen LogP contribution is 2.38. The Bertz CT molecular complexity index is 350. The number of ether oxygens (including phenoxy) is 1. The Morgan fingerprint density at radius 1 is 1.24 bits per heavy atom. The van der Waals surface area contributed by atoms with Crippen LogP contribution in [0.4, 0.5) is 4.79 Å². The van der Waals surface area contributed by atoms with Crippen molar-refractivity contribution >= 4 is 12.0 Å². The molecule has 0 spiro atoms. The van der Waals surface area contributed by atoms with Gasteiger partial charge >= 0.3 is 12.0 Å². The number of hydrogen-bond donors (Lipinski definition) is 3. The molecule has 0 saturated heterocycles. The summed E-state index contributed by atoms with van der Waals surface area (Å²) in [7, 11) is 0. The van der Waals surface area contributed by atoms with Crippen molar-refractivity contribution in [2.45, 2.75) is 52.0 Å². The average molecular weight is 300 g/mol. The standard InChI is InChI=1S/C15H28N2O4/c1-4-9-21-10-8-16-14(20)17-15(13(18)19)11(2)6-5-7-12(15)3/h11-12H,4-10H2,1-3H3,(H,18,19)(H2,16,17,20). The first-order chi connectivity index (χ1) is 9.95. The minimum absolute atomic E-state index is 0.0826. The summed E-state index contributed by atoms with van der Waals surface area (Å²) in [6, 6.07) is -0.432. The quantitative estimate of drug-likeness (QED) is 0.627. The number of rotatable bonds is 7. The Hall–Kier alpha value is -1.30. The van der Waals surface area contributed by atoms with Crippen LogP contribution < -0.4 is 10.6 Å². The molecule has 0 heterocycles. The molecule has 0 aliphatic heterocycles. The third-order valence-corrected chi connectivity index (χ3v) is 4.38. The van der Waals surface area contributed by atoms with Gasteiger partial charge in [0.25, 0.3) is 0 Å². The van der Waals surface area contributed by atoms with Crippen LogP contribution in [0.5, 0.6) is 0 Å². The van der Waals surface area contributed by atoms with Gasteiger partial charge in [-0.05, 0) is 31.1 Å². The van der Waals surface area contributed by atoms with Crippen molar-refractivity contribution in [1.82, 2.24) is 10.6 Å². The van der Waals surface area contributed by atoms with Crippen LogP contribution in [0.1, 0.15) is 46.5 Å². The Balaban J connectivity index is 2.57. The number of carboxylic acids is 1. The van der Waals surface area contributed by atoms with Crippen molar-refractivity contribution in [3.05, 3.63) is 0 Å². The van der Waals surface area contributed by atoms with Gasteiger partial charge in [0.2, 0.25) is 0 Å². The van der Waals surface area contributed by atoms with E-state index in [-0.39, 0.29) is 11.8 Å². The molecule has 6 heteroatoms. The smallest absolute Gasteiger partial charge is 0.330 e. The molecule has 21 heavy (non-hydrogen) atoms. The van der Waals surface area contributed by atoms with E-state index in [0.29, 0.717) is 19.8 Å². The molecule has 0 bridgehead atoms. The summed E-state index contributed by atoms with van der Waals surface area (Å²) in [6.45, 7) is 7.29. The molecule has 1 aliphatic carbocycles. The van der Waals surface area contributed by atoms with E-state index in [0.717, 1.165) is 25.7 Å². The number of aliphatic carboxylic acids is 1. The molecule has 0 radical (unpaired) electrons. The molecule has 1 fully saturated rings. The predicted octanol–water partition coefficient (Wildman–Crippen LogP) is 1.99. The van der Waals surface area contributed by atoms with E-state index in [1.165, 1.54) is 0 Å². The Kier molecular flexibility index (Phi) is 6.95. The van der Waals surface area contributed by atoms with Gasteiger partial charge in [-0.3, -0.25) is 0 Å². The molecule has 2 amide bonds. The molecule has 1 saturated carbocycles. The van der Waals surface area contributed by atoms with Crippen LogP contribution in [0.15, 0.2) is 0 Å². The molecular weight excluding hydrogens is 272 g/mol. The summed E-state index contributed by atoms with van der Waals surface area (Å²) in [4.78, 5) is 23.8. The lowest BCUT2D eigenvalue weighted by molar-refractivity contribution is -0.151. The summed E-state index contributed by atoms with van der Waals surface area (Å²) in [6.07, 6.45) is 3.57. The van der Waals surface area contributed by atoms with Gasteiger partial charge in [0.1, 0.15) is 5.54 Å². The van der Waals surface area contributed by atoms with Crippen LogP contribution in [-0.4, -0.2) is 42.4 Å². The van der Waals surface area contributed by atoms with Gasteiger partial charge in [-0.15, -0.1) is 0 Å². The van der Waals surface area contributed by atoms with Crippen LogP contribution in [0.3, 0.4) is 0 Å². The van der Waals surface area contributed by atoms with Gasteiger partial charge in [-0.1, -0.05) is 27.2 Å². The Morgan fingerprint density at radius 3 is 2.38 bits per heavy atom. The van der Waals surface area contributed by atoms with Gasteiger partial charge in [0, 0.05) is 13.2 Å². The number of carbonyl (C=O) groups is 2. The van der Waals surface area contributed by atoms with Crippen LogP contribution >= 0.6 is 0 Å². The maximum atomic E-state index is 12.0. The van der Waals surface area contributed by atoms with Crippen molar-refractivity contribution < 1.29 is 19.4 Å². The molecule has 1 rings (SSSR count). The van der Waals surface area contributed by atoms with Crippen molar-refractivity contribution in [2.75, 3.05) is 19.8 Å². The van der Waals surface area contributed by atoms with E-state index >= 15 is 0 Å². The van der Waals surface area contributed by atoms with Gasteiger partial charge in [-0.2, -0.15) is 0 Å². The monoisotopic (exact) mass is 300 g/mol. The van der Waals surface area contributed by atoms with E-state index in [9.17, 15) is 14.7 Å². The maximum absolute atomic E-state index is 12.0. The Labute approximate surface area is 126 Å². The van der Waals surface area contributed by atoms with E-state index in [2.05, 4.69) is 10.6 Å². The average Bonchev–Trinajstić information content (AvgIpc) is 2.42. The van der Waals surface area contributed by atoms with Gasteiger partial charge in [0.15, 0.2) is 0 Å². The summed E-state index contributed by atoms with van der Waals surface area (Å²) < 4.78 is 5.28. The molecule has 2 atom stereocenters. The third-order valence-electron chi connectivity index (χ3n) is 4.38. The molecule has 122 valence electrons. The zero-order valence-corrected chi connectivity index (χ0v) is 13.3. The first-order valence-electron chi connectivity index (χ1n) is 7.82. The fraction of sp³-hybridized carbons (Fsp3) is 0.867. The highest BCUT2D eigenvalue weighted by Gasteiger charge is 2.51. The van der Waals surface area contributed by atoms with Gasteiger partial charge in [-0.25, -0.2) is 9.59 Å². The van der Waals surface area contributed by atoms with E-state index in [1.54, 1.807) is 0 Å². The van der Waals surface area contributed by atoms with Crippen LogP contribution in [-0.2, 0) is 9.53 Å².